The minimum absolute atomic E-state index is 0.0760. The normalized spacial score (nSPS) is 10.9. The summed E-state index contributed by atoms with van der Waals surface area (Å²) in [5.41, 5.74) is 1.47. The Kier molecular flexibility index (Phi) is 5.27. The van der Waals surface area contributed by atoms with Crippen molar-refractivity contribution in [3.63, 3.8) is 0 Å². The van der Waals surface area contributed by atoms with Gasteiger partial charge in [0.1, 0.15) is 0 Å². The summed E-state index contributed by atoms with van der Waals surface area (Å²) >= 11 is 3.00. The van der Waals surface area contributed by atoms with Crippen LogP contribution in [0.4, 0.5) is 0 Å². The monoisotopic (exact) mass is 360 g/mol. The summed E-state index contributed by atoms with van der Waals surface area (Å²) < 4.78 is 3.49. The number of thioether (sulfide) groups is 1. The SMILES string of the molecule is Cc1cncn(CCNC(=O)CSc2nc3ccccc3s2)c1=O. The number of benzene rings is 1. The number of aryl methyl sites for hydroxylation is 1. The largest absolute Gasteiger partial charge is 0.354 e. The van der Waals surface area contributed by atoms with Crippen LogP contribution in [0.5, 0.6) is 0 Å². The summed E-state index contributed by atoms with van der Waals surface area (Å²) in [5, 5.41) is 2.81. The predicted molar refractivity (Wildman–Crippen MR) is 96.6 cm³/mol. The van der Waals surface area contributed by atoms with Crippen molar-refractivity contribution in [1.82, 2.24) is 19.9 Å². The number of nitrogens with zero attached hydrogens (tertiary/aromatic N) is 3. The molecule has 0 bridgehead atoms. The van der Waals surface area contributed by atoms with Gasteiger partial charge in [-0.25, -0.2) is 9.97 Å². The number of hydrogen-bond acceptors (Lipinski definition) is 6. The van der Waals surface area contributed by atoms with Crippen molar-refractivity contribution in [2.45, 2.75) is 17.8 Å². The van der Waals surface area contributed by atoms with Gasteiger partial charge < -0.3 is 5.32 Å². The van der Waals surface area contributed by atoms with E-state index in [1.54, 1.807) is 18.3 Å². The lowest BCUT2D eigenvalue weighted by Crippen LogP contribution is -2.32. The first-order valence-electron chi connectivity index (χ1n) is 7.39. The second kappa shape index (κ2) is 7.59. The van der Waals surface area contributed by atoms with Crippen molar-refractivity contribution in [3.05, 3.63) is 52.7 Å². The summed E-state index contributed by atoms with van der Waals surface area (Å²) in [5.74, 6) is 0.230. The fraction of sp³-hybridized carbons (Fsp3) is 0.250. The van der Waals surface area contributed by atoms with Crippen LogP contribution >= 0.6 is 23.1 Å². The van der Waals surface area contributed by atoms with Crippen LogP contribution in [-0.2, 0) is 11.3 Å². The zero-order valence-corrected chi connectivity index (χ0v) is 14.7. The van der Waals surface area contributed by atoms with Crippen LogP contribution in [0.25, 0.3) is 10.2 Å². The molecule has 0 aliphatic heterocycles. The molecule has 0 aliphatic carbocycles. The van der Waals surface area contributed by atoms with Gasteiger partial charge in [-0.2, -0.15) is 0 Å². The third-order valence-corrected chi connectivity index (χ3v) is 5.53. The number of rotatable bonds is 6. The van der Waals surface area contributed by atoms with Crippen LogP contribution in [0.1, 0.15) is 5.56 Å². The maximum absolute atomic E-state index is 11.9. The van der Waals surface area contributed by atoms with E-state index in [1.165, 1.54) is 28.9 Å². The van der Waals surface area contributed by atoms with Crippen molar-refractivity contribution in [2.24, 2.45) is 0 Å². The number of fused-ring (bicyclic) bond motifs is 1. The minimum atomic E-state index is -0.0805. The highest BCUT2D eigenvalue weighted by Gasteiger charge is 2.07. The van der Waals surface area contributed by atoms with Crippen LogP contribution in [0.3, 0.4) is 0 Å². The Bertz CT molecular complexity index is 887. The lowest BCUT2D eigenvalue weighted by Gasteiger charge is -2.07. The molecule has 0 fully saturated rings. The molecule has 124 valence electrons. The maximum Gasteiger partial charge on any atom is 0.256 e. The summed E-state index contributed by atoms with van der Waals surface area (Å²) in [6, 6.07) is 7.91. The first-order chi connectivity index (χ1) is 11.6. The zero-order chi connectivity index (χ0) is 16.9. The Morgan fingerprint density at radius 3 is 3.04 bits per heavy atom. The molecule has 1 N–H and O–H groups in total. The molecule has 1 amide bonds. The van der Waals surface area contributed by atoms with Gasteiger partial charge in [0.15, 0.2) is 4.34 Å². The number of carbonyl (C=O) groups excluding carboxylic acids is 1. The van der Waals surface area contributed by atoms with E-state index in [1.807, 2.05) is 24.3 Å². The summed E-state index contributed by atoms with van der Waals surface area (Å²) in [7, 11) is 0. The zero-order valence-electron chi connectivity index (χ0n) is 13.1. The van der Waals surface area contributed by atoms with Crippen LogP contribution in [0.15, 0.2) is 45.9 Å². The highest BCUT2D eigenvalue weighted by Crippen LogP contribution is 2.28. The first kappa shape index (κ1) is 16.7. The summed E-state index contributed by atoms with van der Waals surface area (Å²) in [6.07, 6.45) is 3.02. The van der Waals surface area contributed by atoms with E-state index in [0.29, 0.717) is 24.4 Å². The van der Waals surface area contributed by atoms with Gasteiger partial charge in [0.05, 0.1) is 22.3 Å². The van der Waals surface area contributed by atoms with Crippen LogP contribution in [0.2, 0.25) is 0 Å². The lowest BCUT2D eigenvalue weighted by atomic mass is 10.3. The highest BCUT2D eigenvalue weighted by atomic mass is 32.2. The number of para-hydroxylation sites is 1. The number of nitrogens with one attached hydrogen (secondary N) is 1. The average Bonchev–Trinajstić information content (AvgIpc) is 3.00. The predicted octanol–water partition coefficient (Wildman–Crippen LogP) is 2.07. The van der Waals surface area contributed by atoms with Gasteiger partial charge in [-0.3, -0.25) is 14.2 Å². The molecule has 2 aromatic heterocycles. The Balaban J connectivity index is 1.47. The van der Waals surface area contributed by atoms with E-state index in [-0.39, 0.29) is 11.5 Å². The van der Waals surface area contributed by atoms with Gasteiger partial charge in [-0.1, -0.05) is 23.9 Å². The van der Waals surface area contributed by atoms with E-state index >= 15 is 0 Å². The fourth-order valence-electron chi connectivity index (χ4n) is 2.13. The molecule has 0 aliphatic rings. The van der Waals surface area contributed by atoms with E-state index in [4.69, 9.17) is 0 Å². The van der Waals surface area contributed by atoms with Crippen molar-refractivity contribution in [1.29, 1.82) is 0 Å². The van der Waals surface area contributed by atoms with E-state index in [9.17, 15) is 9.59 Å². The average molecular weight is 360 g/mol. The van der Waals surface area contributed by atoms with E-state index < -0.39 is 0 Å². The molecule has 1 aromatic carbocycles. The molecule has 6 nitrogen and oxygen atoms in total. The molecule has 3 aromatic rings. The number of aromatic nitrogens is 3. The Labute approximate surface area is 147 Å². The maximum atomic E-state index is 11.9. The van der Waals surface area contributed by atoms with Crippen molar-refractivity contribution >= 4 is 39.2 Å². The molecule has 2 heterocycles. The van der Waals surface area contributed by atoms with Crippen LogP contribution < -0.4 is 10.9 Å². The standard InChI is InChI=1S/C16H16N4O2S2/c1-11-8-17-10-20(15(11)22)7-6-18-14(21)9-23-16-19-12-4-2-3-5-13(12)24-16/h2-5,8,10H,6-7,9H2,1H3,(H,18,21). The topological polar surface area (TPSA) is 76.9 Å². The summed E-state index contributed by atoms with van der Waals surface area (Å²) in [4.78, 5) is 32.2. The Morgan fingerprint density at radius 1 is 1.38 bits per heavy atom. The molecule has 24 heavy (non-hydrogen) atoms. The van der Waals surface area contributed by atoms with Gasteiger partial charge in [0, 0.05) is 24.8 Å². The van der Waals surface area contributed by atoms with Gasteiger partial charge >= 0.3 is 0 Å². The molecular formula is C16H16N4O2S2. The molecule has 0 unspecified atom stereocenters. The molecule has 0 saturated heterocycles. The van der Waals surface area contributed by atoms with Crippen molar-refractivity contribution in [3.8, 4) is 0 Å². The van der Waals surface area contributed by atoms with Crippen LogP contribution in [-0.4, -0.2) is 32.7 Å². The van der Waals surface area contributed by atoms with E-state index in [0.717, 1.165) is 14.6 Å². The fourth-order valence-corrected chi connectivity index (χ4v) is 4.02. The minimum Gasteiger partial charge on any atom is -0.354 e. The second-order valence-electron chi connectivity index (χ2n) is 5.16. The third-order valence-electron chi connectivity index (χ3n) is 3.35. The number of amides is 1. The number of thiazole rings is 1. The van der Waals surface area contributed by atoms with Gasteiger partial charge in [-0.15, -0.1) is 11.3 Å². The highest BCUT2D eigenvalue weighted by molar-refractivity contribution is 8.01. The molecular weight excluding hydrogens is 344 g/mol. The smallest absolute Gasteiger partial charge is 0.256 e. The number of carbonyl (C=O) groups is 1. The Morgan fingerprint density at radius 2 is 2.21 bits per heavy atom. The van der Waals surface area contributed by atoms with Crippen molar-refractivity contribution < 1.29 is 4.79 Å². The molecule has 0 radical (unpaired) electrons. The lowest BCUT2D eigenvalue weighted by molar-refractivity contribution is -0.118. The molecule has 3 rings (SSSR count). The third kappa shape index (κ3) is 4.01. The van der Waals surface area contributed by atoms with Crippen molar-refractivity contribution in [2.75, 3.05) is 12.3 Å². The van der Waals surface area contributed by atoms with Gasteiger partial charge in [0.2, 0.25) is 5.91 Å². The van der Waals surface area contributed by atoms with Crippen LogP contribution in [0, 0.1) is 6.92 Å². The molecule has 0 saturated carbocycles. The van der Waals surface area contributed by atoms with E-state index in [2.05, 4.69) is 15.3 Å². The second-order valence-corrected chi connectivity index (χ2v) is 7.41. The quantitative estimate of drug-likeness (QED) is 0.681. The molecule has 0 atom stereocenters. The first-order valence-corrected chi connectivity index (χ1v) is 9.20. The van der Waals surface area contributed by atoms with Gasteiger partial charge in [-0.05, 0) is 19.1 Å². The molecule has 8 heteroatoms. The molecule has 0 spiro atoms. The number of hydrogen-bond donors (Lipinski definition) is 1. The summed E-state index contributed by atoms with van der Waals surface area (Å²) in [6.45, 7) is 2.52. The van der Waals surface area contributed by atoms with Gasteiger partial charge in [0.25, 0.3) is 5.56 Å². The Hall–Kier alpha value is -2.19.